The van der Waals surface area contributed by atoms with E-state index in [-0.39, 0.29) is 0 Å². The van der Waals surface area contributed by atoms with Crippen LogP contribution in [-0.4, -0.2) is 44.6 Å². The standard InChI is InChI=1S/C19H19N5O2S/c25-27(26)17-8-4-1-5-14(17)13-24(27)18-15-6-2-3-7-16(15)21-19(22-18)23-11-9-20-10-12-23/h1-8,20H,9-13H2. The van der Waals surface area contributed by atoms with Crippen molar-refractivity contribution >= 4 is 32.7 Å². The molecule has 0 unspecified atom stereocenters. The molecule has 3 heterocycles. The first-order chi connectivity index (χ1) is 13.1. The van der Waals surface area contributed by atoms with E-state index in [4.69, 9.17) is 9.97 Å². The minimum atomic E-state index is -3.63. The third kappa shape index (κ3) is 2.64. The SMILES string of the molecule is O=S1(=O)c2ccccc2CN1c1nc(N2CCNCC2)nc2ccccc12. The number of benzene rings is 2. The summed E-state index contributed by atoms with van der Waals surface area (Å²) in [5, 5.41) is 4.06. The van der Waals surface area contributed by atoms with Crippen molar-refractivity contribution in [2.24, 2.45) is 0 Å². The zero-order valence-electron chi connectivity index (χ0n) is 14.7. The van der Waals surface area contributed by atoms with Gasteiger partial charge in [0.15, 0.2) is 5.82 Å². The fourth-order valence-corrected chi connectivity index (χ4v) is 5.31. The Labute approximate surface area is 157 Å². The van der Waals surface area contributed by atoms with Crippen molar-refractivity contribution in [2.75, 3.05) is 35.4 Å². The van der Waals surface area contributed by atoms with E-state index in [2.05, 4.69) is 10.2 Å². The average molecular weight is 381 g/mol. The lowest BCUT2D eigenvalue weighted by Gasteiger charge is -2.28. The van der Waals surface area contributed by atoms with Gasteiger partial charge < -0.3 is 10.2 Å². The Morgan fingerprint density at radius 2 is 1.67 bits per heavy atom. The van der Waals surface area contributed by atoms with Crippen LogP contribution in [-0.2, 0) is 16.6 Å². The molecule has 1 N–H and O–H groups in total. The Kier molecular flexibility index (Phi) is 3.76. The average Bonchev–Trinajstić information content (AvgIpc) is 2.99. The summed E-state index contributed by atoms with van der Waals surface area (Å²) in [7, 11) is -3.63. The largest absolute Gasteiger partial charge is 0.338 e. The molecule has 0 radical (unpaired) electrons. The number of fused-ring (bicyclic) bond motifs is 2. The summed E-state index contributed by atoms with van der Waals surface area (Å²) in [4.78, 5) is 11.9. The zero-order valence-corrected chi connectivity index (χ0v) is 15.5. The number of hydrogen-bond acceptors (Lipinski definition) is 6. The molecule has 8 heteroatoms. The van der Waals surface area contributed by atoms with Gasteiger partial charge in [-0.3, -0.25) is 0 Å². The second-order valence-electron chi connectivity index (χ2n) is 6.72. The quantitative estimate of drug-likeness (QED) is 0.729. The van der Waals surface area contributed by atoms with E-state index in [1.54, 1.807) is 12.1 Å². The van der Waals surface area contributed by atoms with Crippen LogP contribution in [0.5, 0.6) is 0 Å². The Morgan fingerprint density at radius 3 is 2.48 bits per heavy atom. The molecule has 2 aromatic carbocycles. The molecule has 7 nitrogen and oxygen atoms in total. The Balaban J connectivity index is 1.69. The van der Waals surface area contributed by atoms with Crippen LogP contribution >= 0.6 is 0 Å². The molecule has 1 fully saturated rings. The van der Waals surface area contributed by atoms with Crippen LogP contribution in [0.25, 0.3) is 10.9 Å². The van der Waals surface area contributed by atoms with E-state index in [9.17, 15) is 8.42 Å². The number of sulfonamides is 1. The van der Waals surface area contributed by atoms with Crippen molar-refractivity contribution in [2.45, 2.75) is 11.4 Å². The van der Waals surface area contributed by atoms with Gasteiger partial charge in [0.1, 0.15) is 0 Å². The highest BCUT2D eigenvalue weighted by Gasteiger charge is 2.36. The van der Waals surface area contributed by atoms with Gasteiger partial charge in [-0.2, -0.15) is 4.98 Å². The highest BCUT2D eigenvalue weighted by Crippen LogP contribution is 2.37. The summed E-state index contributed by atoms with van der Waals surface area (Å²) in [6.07, 6.45) is 0. The lowest BCUT2D eigenvalue weighted by molar-refractivity contribution is 0.580. The number of aromatic nitrogens is 2. The number of para-hydroxylation sites is 1. The molecule has 1 aromatic heterocycles. The number of nitrogens with one attached hydrogen (secondary N) is 1. The molecular formula is C19H19N5O2S. The molecule has 2 aliphatic rings. The van der Waals surface area contributed by atoms with Gasteiger partial charge in [-0.1, -0.05) is 30.3 Å². The van der Waals surface area contributed by atoms with Crippen LogP contribution < -0.4 is 14.5 Å². The Bertz CT molecular complexity index is 1130. The van der Waals surface area contributed by atoms with Crippen molar-refractivity contribution in [3.05, 3.63) is 54.1 Å². The third-order valence-corrected chi connectivity index (χ3v) is 6.90. The maximum absolute atomic E-state index is 13.2. The molecule has 0 atom stereocenters. The highest BCUT2D eigenvalue weighted by atomic mass is 32.2. The third-order valence-electron chi connectivity index (χ3n) is 5.06. The molecule has 0 bridgehead atoms. The molecule has 0 saturated carbocycles. The number of nitrogens with zero attached hydrogens (tertiary/aromatic N) is 4. The Morgan fingerprint density at radius 1 is 0.926 bits per heavy atom. The molecular weight excluding hydrogens is 362 g/mol. The van der Waals surface area contributed by atoms with Gasteiger partial charge in [0.05, 0.1) is 17.0 Å². The summed E-state index contributed by atoms with van der Waals surface area (Å²) >= 11 is 0. The number of piperazine rings is 1. The van der Waals surface area contributed by atoms with Gasteiger partial charge in [-0.05, 0) is 23.8 Å². The number of hydrogen-bond donors (Lipinski definition) is 1. The second kappa shape index (κ2) is 6.17. The summed E-state index contributed by atoms with van der Waals surface area (Å²) in [6, 6.07) is 14.7. The molecule has 3 aromatic rings. The predicted molar refractivity (Wildman–Crippen MR) is 104 cm³/mol. The van der Waals surface area contributed by atoms with Crippen LogP contribution in [0.3, 0.4) is 0 Å². The first-order valence-electron chi connectivity index (χ1n) is 8.98. The molecule has 0 aliphatic carbocycles. The normalized spacial score (nSPS) is 18.7. The number of rotatable bonds is 2. The fourth-order valence-electron chi connectivity index (χ4n) is 3.68. The van der Waals surface area contributed by atoms with Gasteiger partial charge in [-0.25, -0.2) is 17.7 Å². The molecule has 138 valence electrons. The lowest BCUT2D eigenvalue weighted by atomic mass is 10.2. The minimum Gasteiger partial charge on any atom is -0.338 e. The summed E-state index contributed by atoms with van der Waals surface area (Å²) in [5.74, 6) is 1.03. The maximum atomic E-state index is 13.2. The van der Waals surface area contributed by atoms with Gasteiger partial charge in [-0.15, -0.1) is 0 Å². The van der Waals surface area contributed by atoms with Crippen molar-refractivity contribution in [1.29, 1.82) is 0 Å². The van der Waals surface area contributed by atoms with E-state index in [1.165, 1.54) is 4.31 Å². The van der Waals surface area contributed by atoms with Gasteiger partial charge in [0.2, 0.25) is 5.95 Å². The van der Waals surface area contributed by atoms with Crippen LogP contribution in [0.15, 0.2) is 53.4 Å². The first-order valence-corrected chi connectivity index (χ1v) is 10.4. The Hall–Kier alpha value is -2.71. The van der Waals surface area contributed by atoms with Crippen LogP contribution in [0.2, 0.25) is 0 Å². The number of anilines is 2. The van der Waals surface area contributed by atoms with Gasteiger partial charge >= 0.3 is 0 Å². The topological polar surface area (TPSA) is 78.4 Å². The van der Waals surface area contributed by atoms with Crippen LogP contribution in [0.4, 0.5) is 11.8 Å². The highest BCUT2D eigenvalue weighted by molar-refractivity contribution is 7.93. The van der Waals surface area contributed by atoms with Gasteiger partial charge in [0, 0.05) is 31.6 Å². The van der Waals surface area contributed by atoms with E-state index in [0.717, 1.165) is 42.6 Å². The summed E-state index contributed by atoms with van der Waals surface area (Å²) in [6.45, 7) is 3.61. The minimum absolute atomic E-state index is 0.292. The monoisotopic (exact) mass is 381 g/mol. The zero-order chi connectivity index (χ0) is 18.4. The van der Waals surface area contributed by atoms with E-state index in [0.29, 0.717) is 23.2 Å². The summed E-state index contributed by atoms with van der Waals surface area (Å²) < 4.78 is 27.7. The fraction of sp³-hybridized carbons (Fsp3) is 0.263. The second-order valence-corrected chi connectivity index (χ2v) is 8.55. The van der Waals surface area contributed by atoms with Crippen molar-refractivity contribution < 1.29 is 8.42 Å². The summed E-state index contributed by atoms with van der Waals surface area (Å²) in [5.41, 5.74) is 1.55. The molecule has 27 heavy (non-hydrogen) atoms. The lowest BCUT2D eigenvalue weighted by Crippen LogP contribution is -2.44. The molecule has 2 aliphatic heterocycles. The van der Waals surface area contributed by atoms with E-state index < -0.39 is 10.0 Å². The van der Waals surface area contributed by atoms with Crippen molar-refractivity contribution in [3.63, 3.8) is 0 Å². The van der Waals surface area contributed by atoms with E-state index in [1.807, 2.05) is 36.4 Å². The van der Waals surface area contributed by atoms with E-state index >= 15 is 0 Å². The van der Waals surface area contributed by atoms with Crippen molar-refractivity contribution in [1.82, 2.24) is 15.3 Å². The first kappa shape index (κ1) is 16.5. The molecule has 0 amide bonds. The van der Waals surface area contributed by atoms with Crippen LogP contribution in [0.1, 0.15) is 5.56 Å². The molecule has 1 saturated heterocycles. The van der Waals surface area contributed by atoms with Crippen molar-refractivity contribution in [3.8, 4) is 0 Å². The van der Waals surface area contributed by atoms with Crippen LogP contribution in [0, 0.1) is 0 Å². The molecule has 5 rings (SSSR count). The predicted octanol–water partition coefficient (Wildman–Crippen LogP) is 1.75. The van der Waals surface area contributed by atoms with Gasteiger partial charge in [0.25, 0.3) is 10.0 Å². The molecule has 0 spiro atoms. The smallest absolute Gasteiger partial charge is 0.266 e. The maximum Gasteiger partial charge on any atom is 0.266 e.